The van der Waals surface area contributed by atoms with E-state index in [2.05, 4.69) is 10.1 Å². The minimum atomic E-state index is -3.25. The molecule has 1 spiro atoms. The van der Waals surface area contributed by atoms with E-state index < -0.39 is 27.8 Å². The molecule has 0 atom stereocenters. The average Bonchev–Trinajstić information content (AvgIpc) is 2.84. The SMILES string of the molecule is O=C(Nc1c(Cl)c[n+]([O-])cc1Cl)c1ccc(OC(F)F)c2c1OCC1(CO2)CS(=O)(=O)C1. The number of halogens is 4. The van der Waals surface area contributed by atoms with Gasteiger partial charge in [0.15, 0.2) is 21.3 Å². The van der Waals surface area contributed by atoms with Crippen LogP contribution in [0.3, 0.4) is 0 Å². The van der Waals surface area contributed by atoms with Gasteiger partial charge in [0, 0.05) is 0 Å². The first-order valence-corrected chi connectivity index (χ1v) is 11.5. The van der Waals surface area contributed by atoms with Crippen LogP contribution in [-0.2, 0) is 9.84 Å². The van der Waals surface area contributed by atoms with E-state index in [1.165, 1.54) is 6.07 Å². The number of hydrogen-bond donors (Lipinski definition) is 1. The summed E-state index contributed by atoms with van der Waals surface area (Å²) in [6.07, 6.45) is 1.95. The second-order valence-corrected chi connectivity index (χ2v) is 10.3. The Kier molecular flexibility index (Phi) is 5.72. The van der Waals surface area contributed by atoms with Crippen LogP contribution in [0.5, 0.6) is 17.2 Å². The lowest BCUT2D eigenvalue weighted by atomic mass is 9.94. The minimum Gasteiger partial charge on any atom is -0.619 e. The second kappa shape index (κ2) is 8.09. The molecular weight excluding hydrogens is 497 g/mol. The van der Waals surface area contributed by atoms with Crippen molar-refractivity contribution in [1.82, 2.24) is 0 Å². The van der Waals surface area contributed by atoms with Crippen molar-refractivity contribution in [3.8, 4) is 17.2 Å². The Labute approximate surface area is 190 Å². The van der Waals surface area contributed by atoms with Crippen molar-refractivity contribution in [3.63, 3.8) is 0 Å². The zero-order valence-electron chi connectivity index (χ0n) is 15.9. The molecule has 0 radical (unpaired) electrons. The molecule has 1 amide bonds. The molecule has 0 bridgehead atoms. The van der Waals surface area contributed by atoms with Gasteiger partial charge in [0.05, 0.1) is 41.4 Å². The third kappa shape index (κ3) is 4.34. The van der Waals surface area contributed by atoms with Crippen LogP contribution in [-0.4, -0.2) is 45.7 Å². The number of sulfone groups is 1. The van der Waals surface area contributed by atoms with Crippen molar-refractivity contribution in [3.05, 3.63) is 45.3 Å². The van der Waals surface area contributed by atoms with E-state index in [1.807, 2.05) is 0 Å². The van der Waals surface area contributed by atoms with Gasteiger partial charge >= 0.3 is 6.61 Å². The highest BCUT2D eigenvalue weighted by Crippen LogP contribution is 2.47. The number of fused-ring (bicyclic) bond motifs is 1. The van der Waals surface area contributed by atoms with E-state index in [1.54, 1.807) is 0 Å². The zero-order chi connectivity index (χ0) is 23.3. The maximum absolute atomic E-state index is 12.9. The number of alkyl halides is 2. The van der Waals surface area contributed by atoms with Crippen molar-refractivity contribution in [2.75, 3.05) is 30.0 Å². The lowest BCUT2D eigenvalue weighted by Crippen LogP contribution is -2.55. The van der Waals surface area contributed by atoms with Crippen LogP contribution in [0.1, 0.15) is 10.4 Å². The molecule has 2 aliphatic rings. The molecule has 0 aliphatic carbocycles. The molecule has 1 N–H and O–H groups in total. The maximum Gasteiger partial charge on any atom is 0.387 e. The fraction of sp³-hybridized carbons (Fsp3) is 0.333. The number of amides is 1. The molecule has 0 saturated carbocycles. The molecule has 1 aromatic carbocycles. The van der Waals surface area contributed by atoms with Gasteiger partial charge < -0.3 is 24.7 Å². The minimum absolute atomic E-state index is 0.0526. The van der Waals surface area contributed by atoms with Crippen molar-refractivity contribution < 1.29 is 40.9 Å². The number of hydrogen-bond acceptors (Lipinski definition) is 7. The third-order valence-electron chi connectivity index (χ3n) is 4.83. The fourth-order valence-corrected chi connectivity index (χ4v) is 6.20. The van der Waals surface area contributed by atoms with Gasteiger partial charge in [-0.1, -0.05) is 23.2 Å². The third-order valence-corrected chi connectivity index (χ3v) is 7.51. The molecule has 3 heterocycles. The molecular formula is C18H14Cl2F2N2O7S. The Bertz CT molecular complexity index is 1180. The monoisotopic (exact) mass is 510 g/mol. The fourth-order valence-electron chi connectivity index (χ4n) is 3.55. The number of pyridine rings is 1. The van der Waals surface area contributed by atoms with Gasteiger partial charge in [-0.05, 0) is 12.1 Å². The van der Waals surface area contributed by atoms with Gasteiger partial charge in [0.1, 0.15) is 10.0 Å². The number of rotatable bonds is 4. The number of aromatic nitrogens is 1. The number of carbonyl (C=O) groups excluding carboxylic acids is 1. The van der Waals surface area contributed by atoms with Crippen molar-refractivity contribution in [2.24, 2.45) is 5.41 Å². The van der Waals surface area contributed by atoms with Gasteiger partial charge in [0.25, 0.3) is 5.91 Å². The first-order valence-electron chi connectivity index (χ1n) is 8.96. The van der Waals surface area contributed by atoms with Crippen LogP contribution in [0, 0.1) is 10.6 Å². The Morgan fingerprint density at radius 2 is 1.75 bits per heavy atom. The van der Waals surface area contributed by atoms with E-state index >= 15 is 0 Å². The van der Waals surface area contributed by atoms with Crippen molar-refractivity contribution in [2.45, 2.75) is 6.61 Å². The van der Waals surface area contributed by atoms with Gasteiger partial charge in [-0.25, -0.2) is 8.42 Å². The van der Waals surface area contributed by atoms with Gasteiger partial charge in [0.2, 0.25) is 18.1 Å². The number of ether oxygens (including phenoxy) is 3. The summed E-state index contributed by atoms with van der Waals surface area (Å²) in [6, 6.07) is 2.27. The molecule has 172 valence electrons. The van der Waals surface area contributed by atoms with Crippen LogP contribution < -0.4 is 24.3 Å². The largest absolute Gasteiger partial charge is 0.619 e. The number of anilines is 1. The average molecular weight is 511 g/mol. The maximum atomic E-state index is 12.9. The Morgan fingerprint density at radius 3 is 2.31 bits per heavy atom. The highest BCUT2D eigenvalue weighted by atomic mass is 35.5. The molecule has 1 fully saturated rings. The molecule has 9 nitrogen and oxygen atoms in total. The van der Waals surface area contributed by atoms with E-state index in [-0.39, 0.29) is 63.3 Å². The Balaban J connectivity index is 1.69. The highest BCUT2D eigenvalue weighted by Gasteiger charge is 2.51. The quantitative estimate of drug-likeness (QED) is 0.496. The predicted molar refractivity (Wildman–Crippen MR) is 109 cm³/mol. The van der Waals surface area contributed by atoms with E-state index in [4.69, 9.17) is 32.7 Å². The molecule has 32 heavy (non-hydrogen) atoms. The summed E-state index contributed by atoms with van der Waals surface area (Å²) in [5, 5.41) is 13.6. The molecule has 4 rings (SSSR count). The Hall–Kier alpha value is -2.57. The topological polar surface area (TPSA) is 118 Å². The summed E-state index contributed by atoms with van der Waals surface area (Å²) in [6.45, 7) is -3.44. The predicted octanol–water partition coefficient (Wildman–Crippen LogP) is 2.67. The van der Waals surface area contributed by atoms with Crippen LogP contribution in [0.4, 0.5) is 14.5 Å². The summed E-state index contributed by atoms with van der Waals surface area (Å²) >= 11 is 11.9. The van der Waals surface area contributed by atoms with Crippen LogP contribution in [0.2, 0.25) is 10.0 Å². The summed E-state index contributed by atoms with van der Waals surface area (Å²) < 4.78 is 65.2. The first kappa shape index (κ1) is 22.6. The molecule has 0 unspecified atom stereocenters. The standard InChI is InChI=1S/C18H14Cl2F2N2O7S/c19-10-3-24(26)4-11(20)13(10)23-16(25)9-1-2-12(31-17(21)22)15-14(9)29-5-18(6-30-15)7-32(27,28)8-18/h1-4,17H,5-8H2,(H,23,25). The lowest BCUT2D eigenvalue weighted by Gasteiger charge is -2.38. The van der Waals surface area contributed by atoms with Crippen molar-refractivity contribution in [1.29, 1.82) is 0 Å². The lowest BCUT2D eigenvalue weighted by molar-refractivity contribution is -0.605. The van der Waals surface area contributed by atoms with Crippen LogP contribution in [0.15, 0.2) is 24.5 Å². The number of nitrogens with zero attached hydrogens (tertiary/aromatic N) is 1. The number of carbonyl (C=O) groups is 1. The summed E-state index contributed by atoms with van der Waals surface area (Å²) in [7, 11) is -3.25. The number of benzene rings is 1. The van der Waals surface area contributed by atoms with Crippen molar-refractivity contribution >= 4 is 44.6 Å². The van der Waals surface area contributed by atoms with E-state index in [0.29, 0.717) is 4.73 Å². The van der Waals surface area contributed by atoms with E-state index in [9.17, 15) is 27.2 Å². The van der Waals surface area contributed by atoms with Gasteiger partial charge in [-0.3, -0.25) is 4.79 Å². The van der Waals surface area contributed by atoms with Gasteiger partial charge in [-0.2, -0.15) is 13.5 Å². The number of nitrogens with one attached hydrogen (secondary N) is 1. The molecule has 1 aromatic heterocycles. The van der Waals surface area contributed by atoms with Gasteiger partial charge in [-0.15, -0.1) is 0 Å². The molecule has 14 heteroatoms. The molecule has 1 saturated heterocycles. The normalized spacial score (nSPS) is 18.0. The smallest absolute Gasteiger partial charge is 0.387 e. The first-order chi connectivity index (χ1) is 15.0. The Morgan fingerprint density at radius 1 is 1.16 bits per heavy atom. The second-order valence-electron chi connectivity index (χ2n) is 7.40. The highest BCUT2D eigenvalue weighted by molar-refractivity contribution is 7.92. The zero-order valence-corrected chi connectivity index (χ0v) is 18.3. The summed E-state index contributed by atoms with van der Waals surface area (Å²) in [5.41, 5.74) is -1.06. The van der Waals surface area contributed by atoms with Crippen LogP contribution in [0.25, 0.3) is 0 Å². The summed E-state index contributed by atoms with van der Waals surface area (Å²) in [5.74, 6) is -2.05. The van der Waals surface area contributed by atoms with Crippen LogP contribution >= 0.6 is 23.2 Å². The molecule has 2 aromatic rings. The summed E-state index contributed by atoms with van der Waals surface area (Å²) in [4.78, 5) is 12.9. The van der Waals surface area contributed by atoms with E-state index in [0.717, 1.165) is 18.5 Å². The molecule has 2 aliphatic heterocycles.